The van der Waals surface area contributed by atoms with E-state index in [9.17, 15) is 19.2 Å². The molecule has 0 bridgehead atoms. The summed E-state index contributed by atoms with van der Waals surface area (Å²) in [5.74, 6) is 0.180. The van der Waals surface area contributed by atoms with E-state index in [1.54, 1.807) is 4.90 Å². The number of carbonyl (C=O) groups is 4. The number of imide groups is 1. The molecule has 1 aliphatic carbocycles. The molecule has 3 fully saturated rings. The standard InChI is InChI=1S/C25H35N5O4/c1-17-5-7-20(8-6-17)27-23(33)26-14-19-4-3-13-29(15-19)21(31)16-30-22(32)25(28-24(30)34)11-9-18(2)10-12-25/h5-8,18-19H,3-4,9-16H2,1-2H3,(H,28,34)(H2,26,27,33). The van der Waals surface area contributed by atoms with E-state index in [0.717, 1.165) is 41.8 Å². The lowest BCUT2D eigenvalue weighted by molar-refractivity contribution is -0.140. The van der Waals surface area contributed by atoms with Crippen LogP contribution in [0, 0.1) is 18.8 Å². The molecule has 1 unspecified atom stereocenters. The number of rotatable bonds is 5. The maximum Gasteiger partial charge on any atom is 0.325 e. The van der Waals surface area contributed by atoms with Crippen molar-refractivity contribution in [3.8, 4) is 0 Å². The molecule has 3 N–H and O–H groups in total. The van der Waals surface area contributed by atoms with Gasteiger partial charge in [-0.05, 0) is 69.4 Å². The fourth-order valence-electron chi connectivity index (χ4n) is 5.16. The summed E-state index contributed by atoms with van der Waals surface area (Å²) in [6.45, 7) is 5.46. The number of piperidine rings is 1. The third-order valence-electron chi connectivity index (χ3n) is 7.40. The number of benzene rings is 1. The highest BCUT2D eigenvalue weighted by molar-refractivity contribution is 6.09. The number of amides is 6. The van der Waals surface area contributed by atoms with Crippen molar-refractivity contribution in [3.05, 3.63) is 29.8 Å². The Bertz CT molecular complexity index is 939. The highest BCUT2D eigenvalue weighted by Crippen LogP contribution is 2.36. The zero-order chi connectivity index (χ0) is 24.3. The fraction of sp³-hybridized carbons (Fsp3) is 0.600. The molecule has 1 atom stereocenters. The quantitative estimate of drug-likeness (QED) is 0.576. The third-order valence-corrected chi connectivity index (χ3v) is 7.40. The first-order valence-electron chi connectivity index (χ1n) is 12.3. The number of nitrogens with zero attached hydrogens (tertiary/aromatic N) is 2. The second kappa shape index (κ2) is 10.0. The van der Waals surface area contributed by atoms with Crippen LogP contribution in [-0.2, 0) is 9.59 Å². The van der Waals surface area contributed by atoms with Crippen molar-refractivity contribution in [1.29, 1.82) is 0 Å². The van der Waals surface area contributed by atoms with E-state index in [2.05, 4.69) is 22.9 Å². The molecule has 1 spiro atoms. The van der Waals surface area contributed by atoms with Gasteiger partial charge in [-0.2, -0.15) is 0 Å². The topological polar surface area (TPSA) is 111 Å². The van der Waals surface area contributed by atoms with Crippen LogP contribution in [0.5, 0.6) is 0 Å². The minimum atomic E-state index is -0.830. The normalized spacial score (nSPS) is 27.0. The molecule has 2 aliphatic heterocycles. The Hall–Kier alpha value is -3.10. The smallest absolute Gasteiger partial charge is 0.325 e. The summed E-state index contributed by atoms with van der Waals surface area (Å²) >= 11 is 0. The van der Waals surface area contributed by atoms with Crippen LogP contribution in [0.25, 0.3) is 0 Å². The van der Waals surface area contributed by atoms with E-state index in [4.69, 9.17) is 0 Å². The fourth-order valence-corrected chi connectivity index (χ4v) is 5.16. The van der Waals surface area contributed by atoms with Gasteiger partial charge in [0.25, 0.3) is 5.91 Å². The zero-order valence-corrected chi connectivity index (χ0v) is 20.1. The zero-order valence-electron chi connectivity index (χ0n) is 20.1. The summed E-state index contributed by atoms with van der Waals surface area (Å²) in [7, 11) is 0. The number of nitrogens with one attached hydrogen (secondary N) is 3. The van der Waals surface area contributed by atoms with Crippen LogP contribution < -0.4 is 16.0 Å². The van der Waals surface area contributed by atoms with Crippen LogP contribution >= 0.6 is 0 Å². The predicted octanol–water partition coefficient (Wildman–Crippen LogP) is 2.86. The Morgan fingerprint density at radius 3 is 2.53 bits per heavy atom. The van der Waals surface area contributed by atoms with Crippen LogP contribution in [0.1, 0.15) is 51.0 Å². The summed E-state index contributed by atoms with van der Waals surface area (Å²) in [6, 6.07) is 6.83. The van der Waals surface area contributed by atoms with Gasteiger partial charge in [0.15, 0.2) is 0 Å². The summed E-state index contributed by atoms with van der Waals surface area (Å²) in [4.78, 5) is 53.6. The van der Waals surface area contributed by atoms with Crippen LogP contribution in [-0.4, -0.2) is 65.4 Å². The lowest BCUT2D eigenvalue weighted by Gasteiger charge is -2.34. The Balaban J connectivity index is 1.26. The molecule has 34 heavy (non-hydrogen) atoms. The molecule has 9 nitrogen and oxygen atoms in total. The second-order valence-electron chi connectivity index (χ2n) is 10.1. The average molecular weight is 470 g/mol. The van der Waals surface area contributed by atoms with Gasteiger partial charge in [-0.3, -0.25) is 14.5 Å². The Morgan fingerprint density at radius 1 is 1.12 bits per heavy atom. The summed E-state index contributed by atoms with van der Waals surface area (Å²) < 4.78 is 0. The van der Waals surface area contributed by atoms with Gasteiger partial charge < -0.3 is 20.9 Å². The molecule has 3 aliphatic rings. The molecule has 1 aromatic carbocycles. The summed E-state index contributed by atoms with van der Waals surface area (Å²) in [5.41, 5.74) is 1.01. The molecule has 6 amide bonds. The monoisotopic (exact) mass is 469 g/mol. The van der Waals surface area contributed by atoms with Crippen molar-refractivity contribution in [1.82, 2.24) is 20.4 Å². The Labute approximate surface area is 200 Å². The van der Waals surface area contributed by atoms with Gasteiger partial charge >= 0.3 is 12.1 Å². The minimum Gasteiger partial charge on any atom is -0.341 e. The van der Waals surface area contributed by atoms with Crippen molar-refractivity contribution >= 4 is 29.6 Å². The van der Waals surface area contributed by atoms with E-state index in [0.29, 0.717) is 38.4 Å². The molecule has 2 heterocycles. The van der Waals surface area contributed by atoms with E-state index in [1.165, 1.54) is 0 Å². The van der Waals surface area contributed by atoms with Gasteiger partial charge in [0.2, 0.25) is 5.91 Å². The number of likely N-dealkylation sites (tertiary alicyclic amines) is 1. The molecular formula is C25H35N5O4. The predicted molar refractivity (Wildman–Crippen MR) is 128 cm³/mol. The van der Waals surface area contributed by atoms with E-state index >= 15 is 0 Å². The van der Waals surface area contributed by atoms with Gasteiger partial charge in [0.1, 0.15) is 12.1 Å². The molecule has 4 rings (SSSR count). The van der Waals surface area contributed by atoms with Gasteiger partial charge in [-0.25, -0.2) is 9.59 Å². The summed E-state index contributed by atoms with van der Waals surface area (Å²) in [6.07, 6.45) is 4.77. The molecule has 0 radical (unpaired) electrons. The summed E-state index contributed by atoms with van der Waals surface area (Å²) in [5, 5.41) is 8.57. The lowest BCUT2D eigenvalue weighted by atomic mass is 9.77. The Kier molecular flexibility index (Phi) is 7.09. The minimum absolute atomic E-state index is 0.121. The van der Waals surface area contributed by atoms with Crippen LogP contribution in [0.15, 0.2) is 24.3 Å². The molecule has 1 aromatic rings. The van der Waals surface area contributed by atoms with Gasteiger partial charge in [-0.1, -0.05) is 24.6 Å². The molecule has 1 saturated carbocycles. The number of carbonyl (C=O) groups excluding carboxylic acids is 4. The highest BCUT2D eigenvalue weighted by Gasteiger charge is 2.52. The Morgan fingerprint density at radius 2 is 1.82 bits per heavy atom. The maximum absolute atomic E-state index is 13.0. The van der Waals surface area contributed by atoms with Crippen molar-refractivity contribution < 1.29 is 19.2 Å². The maximum atomic E-state index is 13.0. The number of hydrogen-bond donors (Lipinski definition) is 3. The first-order chi connectivity index (χ1) is 16.3. The number of aryl methyl sites for hydroxylation is 1. The molecule has 184 valence electrons. The van der Waals surface area contributed by atoms with Crippen LogP contribution in [0.3, 0.4) is 0 Å². The highest BCUT2D eigenvalue weighted by atomic mass is 16.2. The molecule has 2 saturated heterocycles. The van der Waals surface area contributed by atoms with E-state index in [-0.39, 0.29) is 30.3 Å². The lowest BCUT2D eigenvalue weighted by Crippen LogP contribution is -2.51. The first-order valence-corrected chi connectivity index (χ1v) is 12.3. The van der Waals surface area contributed by atoms with Crippen LogP contribution in [0.4, 0.5) is 15.3 Å². The average Bonchev–Trinajstić information content (AvgIpc) is 3.05. The number of urea groups is 2. The van der Waals surface area contributed by atoms with Crippen molar-refractivity contribution in [2.24, 2.45) is 11.8 Å². The van der Waals surface area contributed by atoms with Gasteiger partial charge in [0, 0.05) is 25.3 Å². The van der Waals surface area contributed by atoms with Crippen molar-refractivity contribution in [2.45, 2.75) is 57.9 Å². The van der Waals surface area contributed by atoms with Crippen molar-refractivity contribution in [3.63, 3.8) is 0 Å². The van der Waals surface area contributed by atoms with Gasteiger partial charge in [-0.15, -0.1) is 0 Å². The molecule has 9 heteroatoms. The molecule has 0 aromatic heterocycles. The number of hydrogen-bond acceptors (Lipinski definition) is 4. The first kappa shape index (κ1) is 24.0. The SMILES string of the molecule is Cc1ccc(NC(=O)NCC2CCCN(C(=O)CN3C(=O)NC4(CCC(C)CC4)C3=O)C2)cc1. The van der Waals surface area contributed by atoms with Crippen molar-refractivity contribution in [2.75, 3.05) is 31.5 Å². The van der Waals surface area contributed by atoms with Crippen LogP contribution in [0.2, 0.25) is 0 Å². The van der Waals surface area contributed by atoms with Gasteiger partial charge in [0.05, 0.1) is 0 Å². The van der Waals surface area contributed by atoms with E-state index in [1.807, 2.05) is 31.2 Å². The largest absolute Gasteiger partial charge is 0.341 e. The third kappa shape index (κ3) is 5.34. The molecular weight excluding hydrogens is 434 g/mol. The number of anilines is 1. The van der Waals surface area contributed by atoms with E-state index < -0.39 is 11.6 Å². The second-order valence-corrected chi connectivity index (χ2v) is 10.1.